The smallest absolute Gasteiger partial charge is 0.226 e. The van der Waals surface area contributed by atoms with E-state index < -0.39 is 9.73 Å². The highest BCUT2D eigenvalue weighted by Gasteiger charge is 2.31. The summed E-state index contributed by atoms with van der Waals surface area (Å²) in [4.78, 5) is 12.6. The molecular weight excluding hydrogens is 412 g/mol. The Morgan fingerprint density at radius 3 is 2.68 bits per heavy atom. The molecule has 1 N–H and O–H groups in total. The minimum Gasteiger partial charge on any atom is -0.495 e. The Kier molecular flexibility index (Phi) is 5.38. The van der Waals surface area contributed by atoms with Gasteiger partial charge in [-0.3, -0.25) is 0 Å². The topological polar surface area (TPSA) is 88.4 Å². The van der Waals surface area contributed by atoms with Crippen LogP contribution in [0.15, 0.2) is 23.1 Å². The first-order valence-corrected chi connectivity index (χ1v) is 12.8. The fourth-order valence-corrected chi connectivity index (χ4v) is 6.82. The number of fused-ring (bicyclic) bond motifs is 1. The number of benzene rings is 1. The molecule has 1 aromatic carbocycles. The van der Waals surface area contributed by atoms with Gasteiger partial charge >= 0.3 is 0 Å². The van der Waals surface area contributed by atoms with E-state index in [9.17, 15) is 4.21 Å². The molecule has 0 bridgehead atoms. The molecule has 3 heterocycles. The van der Waals surface area contributed by atoms with E-state index >= 15 is 0 Å². The van der Waals surface area contributed by atoms with Crippen molar-refractivity contribution in [3.8, 4) is 17.0 Å². The molecule has 166 valence electrons. The molecule has 2 atom stereocenters. The van der Waals surface area contributed by atoms with Crippen LogP contribution in [-0.4, -0.2) is 52.3 Å². The summed E-state index contributed by atoms with van der Waals surface area (Å²) in [6.45, 7) is 4.30. The van der Waals surface area contributed by atoms with Gasteiger partial charge in [0.1, 0.15) is 5.75 Å². The number of methoxy groups -OCH3 is 1. The number of hydrogen-bond acceptors (Lipinski definition) is 7. The third-order valence-corrected chi connectivity index (χ3v) is 9.28. The van der Waals surface area contributed by atoms with Crippen LogP contribution in [-0.2, 0) is 27.3 Å². The standard InChI is InChI=1S/C23H30N4O3S/c1-15-8-11-27(15)23-25-19-5-3-4-18(19)22(26-23)16-6-7-20(29-2)21(14-16)31(24,28)17-9-12-30-13-10-17/h6-7,14-15,17,24H,3-5,8-13H2,1-2H3/t15-,31?/m0/s1. The van der Waals surface area contributed by atoms with Gasteiger partial charge < -0.3 is 14.4 Å². The molecule has 8 heteroatoms. The van der Waals surface area contributed by atoms with Gasteiger partial charge in [0.2, 0.25) is 5.95 Å². The van der Waals surface area contributed by atoms with Gasteiger partial charge in [0.05, 0.1) is 32.7 Å². The minimum atomic E-state index is -3.04. The normalized spacial score (nSPS) is 23.2. The summed E-state index contributed by atoms with van der Waals surface area (Å²) in [5.41, 5.74) is 4.14. The third kappa shape index (κ3) is 3.59. The maximum absolute atomic E-state index is 13.7. The van der Waals surface area contributed by atoms with Gasteiger partial charge in [-0.15, -0.1) is 0 Å². The molecule has 5 rings (SSSR count). The molecule has 2 saturated heterocycles. The van der Waals surface area contributed by atoms with Gasteiger partial charge in [0.15, 0.2) is 0 Å². The molecule has 0 amide bonds. The lowest BCUT2D eigenvalue weighted by Crippen LogP contribution is -2.46. The van der Waals surface area contributed by atoms with Crippen LogP contribution in [0.2, 0.25) is 0 Å². The number of ether oxygens (including phenoxy) is 2. The highest BCUT2D eigenvalue weighted by Crippen LogP contribution is 2.38. The summed E-state index contributed by atoms with van der Waals surface area (Å²) in [5, 5.41) is -0.223. The van der Waals surface area contributed by atoms with Crippen LogP contribution in [0.3, 0.4) is 0 Å². The Labute approximate surface area is 184 Å². The molecule has 1 aliphatic carbocycles. The number of hydrogen-bond donors (Lipinski definition) is 1. The highest BCUT2D eigenvalue weighted by atomic mass is 32.2. The summed E-state index contributed by atoms with van der Waals surface area (Å²) in [6, 6.07) is 6.16. The molecule has 1 aromatic heterocycles. The zero-order chi connectivity index (χ0) is 21.6. The van der Waals surface area contributed by atoms with E-state index in [1.54, 1.807) is 7.11 Å². The number of aryl methyl sites for hydroxylation is 1. The van der Waals surface area contributed by atoms with E-state index in [1.807, 2.05) is 18.2 Å². The average Bonchev–Trinajstić information content (AvgIpc) is 3.26. The number of anilines is 1. The van der Waals surface area contributed by atoms with E-state index in [0.717, 1.165) is 55.1 Å². The predicted molar refractivity (Wildman–Crippen MR) is 120 cm³/mol. The molecule has 2 fully saturated rings. The van der Waals surface area contributed by atoms with Crippen LogP contribution in [0, 0.1) is 4.78 Å². The number of nitrogens with one attached hydrogen (secondary N) is 1. The Balaban J connectivity index is 1.61. The van der Waals surface area contributed by atoms with Crippen molar-refractivity contribution >= 4 is 15.7 Å². The van der Waals surface area contributed by atoms with Crippen molar-refractivity contribution < 1.29 is 13.7 Å². The molecule has 7 nitrogen and oxygen atoms in total. The Morgan fingerprint density at radius 2 is 2.00 bits per heavy atom. The number of nitrogens with zero attached hydrogens (tertiary/aromatic N) is 3. The van der Waals surface area contributed by atoms with E-state index in [-0.39, 0.29) is 5.25 Å². The fraction of sp³-hybridized carbons (Fsp3) is 0.565. The quantitative estimate of drug-likeness (QED) is 0.757. The lowest BCUT2D eigenvalue weighted by molar-refractivity contribution is 0.0988. The first-order chi connectivity index (χ1) is 15.0. The first-order valence-electron chi connectivity index (χ1n) is 11.2. The van der Waals surface area contributed by atoms with Crippen LogP contribution in [0.4, 0.5) is 5.95 Å². The summed E-state index contributed by atoms with van der Waals surface area (Å²) in [7, 11) is -1.46. The minimum absolute atomic E-state index is 0.223. The van der Waals surface area contributed by atoms with Crippen LogP contribution < -0.4 is 9.64 Å². The SMILES string of the molecule is COc1ccc(-c2nc(N3CC[C@@H]3C)nc3c2CCC3)cc1S(=N)(=O)C1CCOCC1. The third-order valence-electron chi connectivity index (χ3n) is 6.90. The van der Waals surface area contributed by atoms with Gasteiger partial charge in [-0.1, -0.05) is 0 Å². The fourth-order valence-electron chi connectivity index (χ4n) is 4.85. The maximum atomic E-state index is 13.7. The molecule has 31 heavy (non-hydrogen) atoms. The zero-order valence-corrected chi connectivity index (χ0v) is 19.0. The van der Waals surface area contributed by atoms with E-state index in [0.29, 0.717) is 42.7 Å². The summed E-state index contributed by atoms with van der Waals surface area (Å²) < 4.78 is 33.5. The molecule has 0 radical (unpaired) electrons. The van der Waals surface area contributed by atoms with Gasteiger partial charge in [0.25, 0.3) is 0 Å². The second kappa shape index (κ2) is 8.06. The molecule has 0 spiro atoms. The summed E-state index contributed by atoms with van der Waals surface area (Å²) in [5.74, 6) is 1.31. The molecular formula is C23H30N4O3S. The van der Waals surface area contributed by atoms with Crippen LogP contribution in [0.5, 0.6) is 5.75 Å². The Hall–Kier alpha value is -2.19. The monoisotopic (exact) mass is 442 g/mol. The molecule has 2 aromatic rings. The van der Waals surface area contributed by atoms with Crippen molar-refractivity contribution in [1.82, 2.24) is 9.97 Å². The molecule has 0 saturated carbocycles. The lowest BCUT2D eigenvalue weighted by Gasteiger charge is -2.39. The highest BCUT2D eigenvalue weighted by molar-refractivity contribution is 7.93. The van der Waals surface area contributed by atoms with Crippen molar-refractivity contribution in [2.45, 2.75) is 61.6 Å². The average molecular weight is 443 g/mol. The van der Waals surface area contributed by atoms with Gasteiger partial charge in [-0.05, 0) is 63.6 Å². The van der Waals surface area contributed by atoms with Gasteiger partial charge in [-0.2, -0.15) is 0 Å². The van der Waals surface area contributed by atoms with Crippen molar-refractivity contribution in [1.29, 1.82) is 4.78 Å². The molecule has 3 aliphatic rings. The largest absolute Gasteiger partial charge is 0.495 e. The molecule has 2 aliphatic heterocycles. The Bertz CT molecular complexity index is 1100. The summed E-state index contributed by atoms with van der Waals surface area (Å²) >= 11 is 0. The Morgan fingerprint density at radius 1 is 1.19 bits per heavy atom. The van der Waals surface area contributed by atoms with Crippen molar-refractivity contribution in [3.63, 3.8) is 0 Å². The van der Waals surface area contributed by atoms with E-state index in [4.69, 9.17) is 24.2 Å². The van der Waals surface area contributed by atoms with Crippen LogP contribution >= 0.6 is 0 Å². The van der Waals surface area contributed by atoms with Gasteiger partial charge in [0, 0.05) is 42.6 Å². The second-order valence-electron chi connectivity index (χ2n) is 8.76. The van der Waals surface area contributed by atoms with Crippen LogP contribution in [0.25, 0.3) is 11.3 Å². The van der Waals surface area contributed by atoms with Crippen molar-refractivity contribution in [3.05, 3.63) is 29.5 Å². The maximum Gasteiger partial charge on any atom is 0.226 e. The zero-order valence-electron chi connectivity index (χ0n) is 18.2. The lowest BCUT2D eigenvalue weighted by atomic mass is 10.0. The predicted octanol–water partition coefficient (Wildman–Crippen LogP) is 3.82. The molecule has 1 unspecified atom stereocenters. The van der Waals surface area contributed by atoms with E-state index in [1.165, 1.54) is 5.56 Å². The number of aromatic nitrogens is 2. The first kappa shape index (κ1) is 20.7. The van der Waals surface area contributed by atoms with Gasteiger partial charge in [-0.25, -0.2) is 19.0 Å². The van der Waals surface area contributed by atoms with Crippen molar-refractivity contribution in [2.24, 2.45) is 0 Å². The van der Waals surface area contributed by atoms with Crippen LogP contribution in [0.1, 0.15) is 43.9 Å². The van der Waals surface area contributed by atoms with E-state index in [2.05, 4.69) is 11.8 Å². The number of rotatable bonds is 5. The summed E-state index contributed by atoms with van der Waals surface area (Å²) in [6.07, 6.45) is 5.44. The van der Waals surface area contributed by atoms with Crippen molar-refractivity contribution in [2.75, 3.05) is 31.8 Å². The second-order valence-corrected chi connectivity index (χ2v) is 11.1.